The molecule has 1 aliphatic rings. The highest BCUT2D eigenvalue weighted by Gasteiger charge is 2.16. The number of aromatic nitrogens is 2. The second-order valence-electron chi connectivity index (χ2n) is 6.05. The first-order valence-electron chi connectivity index (χ1n) is 8.18. The largest absolute Gasteiger partial charge is 0.375 e. The SMILES string of the molecule is Cc1nc2c(C=CCN3CCc4nc(N)sc4CC3)cccc2s1. The second kappa shape index (κ2) is 6.63. The van der Waals surface area contributed by atoms with Crippen molar-refractivity contribution in [2.24, 2.45) is 0 Å². The van der Waals surface area contributed by atoms with E-state index in [1.807, 2.05) is 0 Å². The van der Waals surface area contributed by atoms with Gasteiger partial charge in [0.2, 0.25) is 0 Å². The molecule has 2 N–H and O–H groups in total. The van der Waals surface area contributed by atoms with Crippen LogP contribution < -0.4 is 5.73 Å². The molecule has 6 heteroatoms. The van der Waals surface area contributed by atoms with E-state index in [2.05, 4.69) is 52.1 Å². The van der Waals surface area contributed by atoms with Crippen molar-refractivity contribution >= 4 is 44.1 Å². The molecule has 0 saturated heterocycles. The van der Waals surface area contributed by atoms with Crippen LogP contribution in [0.15, 0.2) is 24.3 Å². The molecule has 0 spiro atoms. The summed E-state index contributed by atoms with van der Waals surface area (Å²) < 4.78 is 1.26. The Kier molecular flexibility index (Phi) is 4.35. The van der Waals surface area contributed by atoms with Crippen LogP contribution in [0.2, 0.25) is 0 Å². The summed E-state index contributed by atoms with van der Waals surface area (Å²) in [5, 5.41) is 1.83. The number of hydrogen-bond donors (Lipinski definition) is 1. The van der Waals surface area contributed by atoms with Crippen molar-refractivity contribution in [3.8, 4) is 0 Å². The molecular formula is C18H20N4S2. The molecular weight excluding hydrogens is 336 g/mol. The van der Waals surface area contributed by atoms with Crippen LogP contribution in [0, 0.1) is 6.92 Å². The fraction of sp³-hybridized carbons (Fsp3) is 0.333. The lowest BCUT2D eigenvalue weighted by molar-refractivity contribution is 0.318. The Morgan fingerprint density at radius 2 is 2.08 bits per heavy atom. The maximum Gasteiger partial charge on any atom is 0.180 e. The molecule has 0 fully saturated rings. The summed E-state index contributed by atoms with van der Waals surface area (Å²) in [5.74, 6) is 0. The molecule has 3 aromatic rings. The molecule has 4 nitrogen and oxygen atoms in total. The first-order chi connectivity index (χ1) is 11.7. The van der Waals surface area contributed by atoms with Crippen LogP contribution in [0.4, 0.5) is 5.13 Å². The molecule has 2 aromatic heterocycles. The van der Waals surface area contributed by atoms with Gasteiger partial charge in [-0.05, 0) is 19.4 Å². The Labute approximate surface area is 149 Å². The number of nitrogens with zero attached hydrogens (tertiary/aromatic N) is 3. The third kappa shape index (κ3) is 3.22. The van der Waals surface area contributed by atoms with E-state index in [1.165, 1.54) is 20.8 Å². The lowest BCUT2D eigenvalue weighted by Gasteiger charge is -2.17. The van der Waals surface area contributed by atoms with Gasteiger partial charge in [0.25, 0.3) is 0 Å². The number of nitrogens with two attached hydrogens (primary N) is 1. The highest BCUT2D eigenvalue weighted by molar-refractivity contribution is 7.18. The van der Waals surface area contributed by atoms with Gasteiger partial charge in [-0.2, -0.15) is 0 Å². The molecule has 0 bridgehead atoms. The number of hydrogen-bond acceptors (Lipinski definition) is 6. The monoisotopic (exact) mass is 356 g/mol. The van der Waals surface area contributed by atoms with E-state index in [9.17, 15) is 0 Å². The minimum atomic E-state index is 0.708. The Bertz CT molecular complexity index is 868. The molecule has 0 amide bonds. The molecule has 24 heavy (non-hydrogen) atoms. The van der Waals surface area contributed by atoms with Crippen molar-refractivity contribution in [1.29, 1.82) is 0 Å². The zero-order valence-electron chi connectivity index (χ0n) is 13.7. The van der Waals surface area contributed by atoms with Gasteiger partial charge in [-0.3, -0.25) is 4.90 Å². The normalized spacial score (nSPS) is 15.9. The molecule has 0 radical (unpaired) electrons. The summed E-state index contributed by atoms with van der Waals surface area (Å²) in [7, 11) is 0. The highest BCUT2D eigenvalue weighted by atomic mass is 32.1. The van der Waals surface area contributed by atoms with E-state index in [-0.39, 0.29) is 0 Å². The number of para-hydroxylation sites is 1. The van der Waals surface area contributed by atoms with Gasteiger partial charge in [0.05, 0.1) is 20.9 Å². The molecule has 4 rings (SSSR count). The summed E-state index contributed by atoms with van der Waals surface area (Å²) >= 11 is 3.40. The maximum atomic E-state index is 5.81. The van der Waals surface area contributed by atoms with E-state index in [0.717, 1.165) is 43.0 Å². The zero-order valence-corrected chi connectivity index (χ0v) is 15.3. The third-order valence-corrected chi connectivity index (χ3v) is 6.26. The maximum absolute atomic E-state index is 5.81. The Morgan fingerprint density at radius 3 is 3.00 bits per heavy atom. The number of aryl methyl sites for hydroxylation is 1. The molecule has 1 aliphatic heterocycles. The van der Waals surface area contributed by atoms with Gasteiger partial charge < -0.3 is 5.73 Å². The molecule has 0 unspecified atom stereocenters. The van der Waals surface area contributed by atoms with Crippen LogP contribution in [0.1, 0.15) is 21.1 Å². The summed E-state index contributed by atoms with van der Waals surface area (Å²) in [5.41, 5.74) is 9.34. The van der Waals surface area contributed by atoms with Gasteiger partial charge in [0, 0.05) is 36.5 Å². The average Bonchev–Trinajstić information content (AvgIpc) is 3.06. The highest BCUT2D eigenvalue weighted by Crippen LogP contribution is 2.26. The van der Waals surface area contributed by atoms with Crippen LogP contribution in [-0.4, -0.2) is 34.5 Å². The van der Waals surface area contributed by atoms with Crippen LogP contribution in [-0.2, 0) is 12.8 Å². The molecule has 1 aromatic carbocycles. The first kappa shape index (κ1) is 15.7. The predicted molar refractivity (Wildman–Crippen MR) is 104 cm³/mol. The van der Waals surface area contributed by atoms with Gasteiger partial charge >= 0.3 is 0 Å². The summed E-state index contributed by atoms with van der Waals surface area (Å²) in [6.45, 7) is 5.14. The third-order valence-electron chi connectivity index (χ3n) is 4.33. The standard InChI is InChI=1S/C18H20N4S2/c1-12-20-17-13(4-2-6-16(17)23-12)5-3-9-22-10-7-14-15(8-11-22)24-18(19)21-14/h2-6H,7-11H2,1H3,(H2,19,21). The fourth-order valence-electron chi connectivity index (χ4n) is 3.16. The van der Waals surface area contributed by atoms with Crippen molar-refractivity contribution in [2.45, 2.75) is 19.8 Å². The van der Waals surface area contributed by atoms with Crippen molar-refractivity contribution in [3.05, 3.63) is 45.4 Å². The van der Waals surface area contributed by atoms with Crippen molar-refractivity contribution in [2.75, 3.05) is 25.4 Å². The molecule has 0 aliphatic carbocycles. The molecule has 124 valence electrons. The minimum absolute atomic E-state index is 0.708. The van der Waals surface area contributed by atoms with Gasteiger partial charge in [0.15, 0.2) is 5.13 Å². The first-order valence-corrected chi connectivity index (χ1v) is 9.81. The van der Waals surface area contributed by atoms with Crippen LogP contribution in [0.3, 0.4) is 0 Å². The minimum Gasteiger partial charge on any atom is -0.375 e. The predicted octanol–water partition coefficient (Wildman–Crippen LogP) is 3.76. The van der Waals surface area contributed by atoms with E-state index in [4.69, 9.17) is 5.73 Å². The van der Waals surface area contributed by atoms with Gasteiger partial charge in [0.1, 0.15) is 0 Å². The number of nitrogen functional groups attached to an aromatic ring is 1. The van der Waals surface area contributed by atoms with Crippen LogP contribution >= 0.6 is 22.7 Å². The van der Waals surface area contributed by atoms with Crippen LogP contribution in [0.5, 0.6) is 0 Å². The van der Waals surface area contributed by atoms with E-state index in [1.54, 1.807) is 22.7 Å². The van der Waals surface area contributed by atoms with Crippen LogP contribution in [0.25, 0.3) is 16.3 Å². The average molecular weight is 357 g/mol. The topological polar surface area (TPSA) is 55.0 Å². The zero-order chi connectivity index (χ0) is 16.5. The van der Waals surface area contributed by atoms with Crippen molar-refractivity contribution < 1.29 is 0 Å². The number of benzene rings is 1. The van der Waals surface area contributed by atoms with Gasteiger partial charge in [-0.25, -0.2) is 9.97 Å². The van der Waals surface area contributed by atoms with Crippen molar-refractivity contribution in [3.63, 3.8) is 0 Å². The fourth-order valence-corrected chi connectivity index (χ4v) is 4.89. The summed E-state index contributed by atoms with van der Waals surface area (Å²) in [6.07, 6.45) is 6.51. The Hall–Kier alpha value is -1.76. The Morgan fingerprint density at radius 1 is 1.21 bits per heavy atom. The molecule has 3 heterocycles. The number of fused-ring (bicyclic) bond motifs is 2. The molecule has 0 atom stereocenters. The Balaban J connectivity index is 1.43. The quantitative estimate of drug-likeness (QED) is 0.776. The van der Waals surface area contributed by atoms with E-state index < -0.39 is 0 Å². The van der Waals surface area contributed by atoms with E-state index in [0.29, 0.717) is 5.13 Å². The van der Waals surface area contributed by atoms with Crippen molar-refractivity contribution in [1.82, 2.24) is 14.9 Å². The number of thiazole rings is 2. The summed E-state index contributed by atoms with van der Waals surface area (Å²) in [6, 6.07) is 6.40. The number of anilines is 1. The summed E-state index contributed by atoms with van der Waals surface area (Å²) in [4.78, 5) is 13.0. The lowest BCUT2D eigenvalue weighted by Crippen LogP contribution is -2.26. The smallest absolute Gasteiger partial charge is 0.180 e. The second-order valence-corrected chi connectivity index (χ2v) is 8.40. The molecule has 0 saturated carbocycles. The van der Waals surface area contributed by atoms with Gasteiger partial charge in [-0.1, -0.05) is 24.3 Å². The van der Waals surface area contributed by atoms with E-state index >= 15 is 0 Å². The van der Waals surface area contributed by atoms with Gasteiger partial charge in [-0.15, -0.1) is 22.7 Å². The number of rotatable bonds is 3. The lowest BCUT2D eigenvalue weighted by atomic mass is 10.2.